The lowest BCUT2D eigenvalue weighted by Crippen LogP contribution is -2.04. The summed E-state index contributed by atoms with van der Waals surface area (Å²) in [5.74, 6) is 0. The SMILES string of the molecule is CCCCCCCCCCCCCCCCCCCc1ccc2ccccc2c1S(=O)(=O)O. The molecule has 33 heavy (non-hydrogen) atoms. The molecule has 0 saturated carbocycles. The van der Waals surface area contributed by atoms with Crippen LogP contribution in [0.3, 0.4) is 0 Å². The zero-order chi connectivity index (χ0) is 23.8. The summed E-state index contributed by atoms with van der Waals surface area (Å²) in [7, 11) is -4.23. The predicted octanol–water partition coefficient (Wildman–Crippen LogP) is 9.28. The van der Waals surface area contributed by atoms with Crippen LogP contribution >= 0.6 is 0 Å². The molecular formula is C29H46O3S. The highest BCUT2D eigenvalue weighted by Gasteiger charge is 2.18. The normalized spacial score (nSPS) is 11.9. The Labute approximate surface area is 203 Å². The minimum absolute atomic E-state index is 0.0945. The van der Waals surface area contributed by atoms with Crippen molar-refractivity contribution >= 4 is 20.9 Å². The molecule has 1 N–H and O–H groups in total. The summed E-state index contributed by atoms with van der Waals surface area (Å²) in [6, 6.07) is 11.2. The second-order valence-electron chi connectivity index (χ2n) is 9.66. The fourth-order valence-corrected chi connectivity index (χ4v) is 5.80. The standard InChI is InChI=1S/C29H46O3S/c1-2-3-4-5-6-7-8-9-10-11-12-13-14-15-16-17-18-22-27-25-24-26-21-19-20-23-28(26)29(27)33(30,31)32/h19-21,23-25H,2-18,22H2,1H3,(H,30,31,32). The van der Waals surface area contributed by atoms with Gasteiger partial charge in [0.1, 0.15) is 4.90 Å². The molecule has 0 radical (unpaired) electrons. The molecule has 0 atom stereocenters. The molecule has 0 amide bonds. The first-order valence-corrected chi connectivity index (χ1v) is 15.0. The van der Waals surface area contributed by atoms with Crippen LogP contribution in [0.15, 0.2) is 41.3 Å². The quantitative estimate of drug-likeness (QED) is 0.163. The molecule has 0 heterocycles. The number of hydrogen-bond donors (Lipinski definition) is 1. The number of fused-ring (bicyclic) bond motifs is 1. The molecule has 2 aromatic carbocycles. The predicted molar refractivity (Wildman–Crippen MR) is 142 cm³/mol. The first-order valence-electron chi connectivity index (χ1n) is 13.5. The Kier molecular flexibility index (Phi) is 13.7. The molecule has 0 aromatic heterocycles. The molecule has 2 rings (SSSR count). The maximum atomic E-state index is 12.0. The third kappa shape index (κ3) is 11.1. The lowest BCUT2D eigenvalue weighted by atomic mass is 10.0. The van der Waals surface area contributed by atoms with Gasteiger partial charge in [0.15, 0.2) is 0 Å². The molecule has 0 aliphatic rings. The number of aryl methyl sites for hydroxylation is 1. The number of hydrogen-bond acceptors (Lipinski definition) is 2. The van der Waals surface area contributed by atoms with E-state index in [-0.39, 0.29) is 4.90 Å². The fourth-order valence-electron chi connectivity index (χ4n) is 4.83. The summed E-state index contributed by atoms with van der Waals surface area (Å²) in [6.45, 7) is 2.28. The molecule has 4 heteroatoms. The van der Waals surface area contributed by atoms with Gasteiger partial charge in [0, 0.05) is 5.39 Å². The van der Waals surface area contributed by atoms with E-state index >= 15 is 0 Å². The summed E-state index contributed by atoms with van der Waals surface area (Å²) >= 11 is 0. The topological polar surface area (TPSA) is 54.4 Å². The summed E-state index contributed by atoms with van der Waals surface area (Å²) in [5, 5.41) is 1.46. The van der Waals surface area contributed by atoms with Crippen molar-refractivity contribution in [1.29, 1.82) is 0 Å². The molecule has 0 bridgehead atoms. The van der Waals surface area contributed by atoms with Crippen LogP contribution in [0.25, 0.3) is 10.8 Å². The van der Waals surface area contributed by atoms with Gasteiger partial charge in [-0.1, -0.05) is 146 Å². The molecule has 0 aliphatic carbocycles. The zero-order valence-electron chi connectivity index (χ0n) is 20.9. The highest BCUT2D eigenvalue weighted by Crippen LogP contribution is 2.28. The fraction of sp³-hybridized carbons (Fsp3) is 0.655. The van der Waals surface area contributed by atoms with E-state index in [0.717, 1.165) is 23.8 Å². The lowest BCUT2D eigenvalue weighted by Gasteiger charge is -2.11. The first kappa shape index (κ1) is 27.9. The van der Waals surface area contributed by atoms with Gasteiger partial charge in [-0.3, -0.25) is 4.55 Å². The summed E-state index contributed by atoms with van der Waals surface area (Å²) in [5.41, 5.74) is 0.733. The molecule has 0 spiro atoms. The number of benzene rings is 2. The van der Waals surface area contributed by atoms with Crippen LogP contribution in [0.4, 0.5) is 0 Å². The van der Waals surface area contributed by atoms with Crippen LogP contribution in [-0.2, 0) is 16.5 Å². The van der Waals surface area contributed by atoms with Crippen LogP contribution in [0, 0.1) is 0 Å². The van der Waals surface area contributed by atoms with Gasteiger partial charge >= 0.3 is 0 Å². The second-order valence-corrected chi connectivity index (χ2v) is 11.0. The molecule has 3 nitrogen and oxygen atoms in total. The van der Waals surface area contributed by atoms with Crippen LogP contribution < -0.4 is 0 Å². The van der Waals surface area contributed by atoms with Gasteiger partial charge < -0.3 is 0 Å². The van der Waals surface area contributed by atoms with Crippen LogP contribution in [0.1, 0.15) is 122 Å². The smallest absolute Gasteiger partial charge is 0.282 e. The average molecular weight is 475 g/mol. The molecular weight excluding hydrogens is 428 g/mol. The van der Waals surface area contributed by atoms with Crippen molar-refractivity contribution < 1.29 is 13.0 Å². The first-order chi connectivity index (χ1) is 16.0. The largest absolute Gasteiger partial charge is 0.295 e. The minimum Gasteiger partial charge on any atom is -0.282 e. The van der Waals surface area contributed by atoms with Crippen LogP contribution in [-0.4, -0.2) is 13.0 Å². The Morgan fingerprint density at radius 1 is 0.606 bits per heavy atom. The van der Waals surface area contributed by atoms with Crippen molar-refractivity contribution in [2.24, 2.45) is 0 Å². The van der Waals surface area contributed by atoms with E-state index in [9.17, 15) is 13.0 Å². The molecule has 0 saturated heterocycles. The Morgan fingerprint density at radius 2 is 1.06 bits per heavy atom. The summed E-state index contributed by atoms with van der Waals surface area (Å²) < 4.78 is 33.8. The van der Waals surface area contributed by atoms with E-state index in [1.807, 2.05) is 30.3 Å². The van der Waals surface area contributed by atoms with Crippen molar-refractivity contribution in [3.05, 3.63) is 42.0 Å². The number of unbranched alkanes of at least 4 members (excludes halogenated alkanes) is 16. The Bertz CT molecular complexity index is 889. The van der Waals surface area contributed by atoms with Crippen molar-refractivity contribution in [2.45, 2.75) is 127 Å². The Morgan fingerprint density at radius 3 is 1.55 bits per heavy atom. The van der Waals surface area contributed by atoms with E-state index in [0.29, 0.717) is 11.8 Å². The van der Waals surface area contributed by atoms with Gasteiger partial charge in [0.25, 0.3) is 10.1 Å². The van der Waals surface area contributed by atoms with Gasteiger partial charge in [0.2, 0.25) is 0 Å². The highest BCUT2D eigenvalue weighted by molar-refractivity contribution is 7.86. The Balaban J connectivity index is 1.51. The minimum atomic E-state index is -4.23. The lowest BCUT2D eigenvalue weighted by molar-refractivity contribution is 0.482. The zero-order valence-corrected chi connectivity index (χ0v) is 21.7. The molecule has 0 aliphatic heterocycles. The maximum Gasteiger partial charge on any atom is 0.295 e. The van der Waals surface area contributed by atoms with Crippen molar-refractivity contribution in [3.8, 4) is 0 Å². The van der Waals surface area contributed by atoms with Crippen molar-refractivity contribution in [3.63, 3.8) is 0 Å². The third-order valence-corrected chi connectivity index (χ3v) is 7.77. The molecule has 0 fully saturated rings. The van der Waals surface area contributed by atoms with Gasteiger partial charge in [-0.25, -0.2) is 0 Å². The van der Waals surface area contributed by atoms with Crippen LogP contribution in [0.2, 0.25) is 0 Å². The van der Waals surface area contributed by atoms with Gasteiger partial charge in [-0.2, -0.15) is 8.42 Å². The Hall–Kier alpha value is -1.39. The molecule has 186 valence electrons. The summed E-state index contributed by atoms with van der Waals surface area (Å²) in [4.78, 5) is 0.0945. The van der Waals surface area contributed by atoms with E-state index in [2.05, 4.69) is 6.92 Å². The van der Waals surface area contributed by atoms with Gasteiger partial charge in [-0.05, 0) is 23.8 Å². The van der Waals surface area contributed by atoms with E-state index in [4.69, 9.17) is 0 Å². The van der Waals surface area contributed by atoms with Gasteiger partial charge in [0.05, 0.1) is 0 Å². The second kappa shape index (κ2) is 16.3. The van der Waals surface area contributed by atoms with Gasteiger partial charge in [-0.15, -0.1) is 0 Å². The summed E-state index contributed by atoms with van der Waals surface area (Å²) in [6.07, 6.45) is 23.3. The maximum absolute atomic E-state index is 12.0. The van der Waals surface area contributed by atoms with Crippen molar-refractivity contribution in [2.75, 3.05) is 0 Å². The highest BCUT2D eigenvalue weighted by atomic mass is 32.2. The molecule has 2 aromatic rings. The monoisotopic (exact) mass is 474 g/mol. The van der Waals surface area contributed by atoms with E-state index < -0.39 is 10.1 Å². The molecule has 0 unspecified atom stereocenters. The number of rotatable bonds is 19. The third-order valence-electron chi connectivity index (χ3n) is 6.77. The van der Waals surface area contributed by atoms with Crippen LogP contribution in [0.5, 0.6) is 0 Å². The average Bonchev–Trinajstić information content (AvgIpc) is 2.80. The van der Waals surface area contributed by atoms with E-state index in [1.165, 1.54) is 96.3 Å². The van der Waals surface area contributed by atoms with Crippen molar-refractivity contribution in [1.82, 2.24) is 0 Å². The van der Waals surface area contributed by atoms with E-state index in [1.54, 1.807) is 6.07 Å².